The minimum Gasteiger partial charge on any atom is -0.479 e. The molecular weight excluding hydrogens is 284 g/mol. The van der Waals surface area contributed by atoms with Crippen molar-refractivity contribution < 1.29 is 15.0 Å². The second-order valence-electron chi connectivity index (χ2n) is 3.88. The van der Waals surface area contributed by atoms with Crippen molar-refractivity contribution in [3.05, 3.63) is 34.9 Å². The molecule has 0 spiro atoms. The van der Waals surface area contributed by atoms with Gasteiger partial charge in [0.25, 0.3) is 0 Å². The van der Waals surface area contributed by atoms with E-state index in [0.29, 0.717) is 5.56 Å². The number of aliphatic hydroxyl groups is 1. The predicted octanol–water partition coefficient (Wildman–Crippen LogP) is 2.69. The third-order valence-electron chi connectivity index (χ3n) is 2.75. The van der Waals surface area contributed by atoms with Crippen LogP contribution in [-0.4, -0.2) is 21.5 Å². The monoisotopic (exact) mass is 300 g/mol. The fraction of sp³-hybridized carbons (Fsp3) is 0.462. The number of aliphatic hydroxyl groups excluding tert-OH is 1. The van der Waals surface area contributed by atoms with Gasteiger partial charge in [-0.2, -0.15) is 0 Å². The van der Waals surface area contributed by atoms with Gasteiger partial charge in [0.1, 0.15) is 0 Å². The van der Waals surface area contributed by atoms with Crippen molar-refractivity contribution in [2.75, 3.05) is 5.33 Å². The van der Waals surface area contributed by atoms with Crippen molar-refractivity contribution in [2.24, 2.45) is 0 Å². The molecule has 0 bridgehead atoms. The molecule has 1 aromatic carbocycles. The molecule has 1 unspecified atom stereocenters. The van der Waals surface area contributed by atoms with Gasteiger partial charge in [0.2, 0.25) is 0 Å². The molecule has 0 radical (unpaired) electrons. The minimum atomic E-state index is -1.42. The summed E-state index contributed by atoms with van der Waals surface area (Å²) in [7, 11) is 0. The summed E-state index contributed by atoms with van der Waals surface area (Å²) in [6.07, 6.45) is 1.00. The van der Waals surface area contributed by atoms with E-state index >= 15 is 0 Å². The maximum atomic E-state index is 10.9. The molecule has 0 aromatic heterocycles. The summed E-state index contributed by atoms with van der Waals surface area (Å²) in [5, 5.41) is 19.6. The Kier molecular flexibility index (Phi) is 5.65. The van der Waals surface area contributed by atoms with Crippen LogP contribution in [-0.2, 0) is 17.6 Å². The lowest BCUT2D eigenvalue weighted by Crippen LogP contribution is -2.15. The summed E-state index contributed by atoms with van der Waals surface area (Å²) in [4.78, 5) is 10.9. The Morgan fingerprint density at radius 2 is 2.06 bits per heavy atom. The van der Waals surface area contributed by atoms with Gasteiger partial charge in [0, 0.05) is 5.33 Å². The number of carboxylic acids is 1. The molecule has 0 fully saturated rings. The molecular formula is C13H17BrO3. The number of hydrogen-bond acceptors (Lipinski definition) is 2. The molecule has 0 heterocycles. The normalized spacial score (nSPS) is 12.4. The Balaban J connectivity index is 3.15. The van der Waals surface area contributed by atoms with Crippen LogP contribution in [0.25, 0.3) is 0 Å². The molecule has 1 aromatic rings. The van der Waals surface area contributed by atoms with Crippen LogP contribution >= 0.6 is 15.9 Å². The number of carboxylic acid groups (broad SMARTS) is 1. The van der Waals surface area contributed by atoms with E-state index in [1.807, 2.05) is 25.1 Å². The Morgan fingerprint density at radius 3 is 2.59 bits per heavy atom. The van der Waals surface area contributed by atoms with Gasteiger partial charge < -0.3 is 10.2 Å². The minimum absolute atomic E-state index is 0.573. The third-order valence-corrected chi connectivity index (χ3v) is 3.32. The lowest BCUT2D eigenvalue weighted by molar-refractivity contribution is -0.147. The van der Waals surface area contributed by atoms with Gasteiger partial charge in [-0.25, -0.2) is 4.79 Å². The van der Waals surface area contributed by atoms with E-state index in [0.717, 1.165) is 35.7 Å². The molecule has 4 heteroatoms. The molecule has 3 nitrogen and oxygen atoms in total. The van der Waals surface area contributed by atoms with Gasteiger partial charge in [0.15, 0.2) is 6.10 Å². The number of rotatable bonds is 6. The van der Waals surface area contributed by atoms with Crippen molar-refractivity contribution in [1.82, 2.24) is 0 Å². The van der Waals surface area contributed by atoms with E-state index in [1.165, 1.54) is 0 Å². The van der Waals surface area contributed by atoms with Crippen molar-refractivity contribution >= 4 is 21.9 Å². The van der Waals surface area contributed by atoms with Crippen molar-refractivity contribution in [3.63, 3.8) is 0 Å². The quantitative estimate of drug-likeness (QED) is 0.794. The average Bonchev–Trinajstić information content (AvgIpc) is 2.34. The maximum Gasteiger partial charge on any atom is 0.337 e. The molecule has 2 N–H and O–H groups in total. The first-order valence-corrected chi connectivity index (χ1v) is 6.81. The predicted molar refractivity (Wildman–Crippen MR) is 70.5 cm³/mol. The first kappa shape index (κ1) is 14.2. The summed E-state index contributed by atoms with van der Waals surface area (Å²) < 4.78 is 0. The zero-order valence-corrected chi connectivity index (χ0v) is 11.4. The van der Waals surface area contributed by atoms with Gasteiger partial charge in [-0.15, -0.1) is 0 Å². The lowest BCUT2D eigenvalue weighted by Gasteiger charge is -2.16. The van der Waals surface area contributed by atoms with E-state index in [1.54, 1.807) is 0 Å². The largest absolute Gasteiger partial charge is 0.479 e. The van der Waals surface area contributed by atoms with Crippen LogP contribution in [0.5, 0.6) is 0 Å². The lowest BCUT2D eigenvalue weighted by atomic mass is 9.92. The van der Waals surface area contributed by atoms with Gasteiger partial charge >= 0.3 is 5.97 Å². The van der Waals surface area contributed by atoms with E-state index in [4.69, 9.17) is 5.11 Å². The van der Waals surface area contributed by atoms with Gasteiger partial charge in [-0.05, 0) is 36.0 Å². The van der Waals surface area contributed by atoms with E-state index in [9.17, 15) is 9.90 Å². The topological polar surface area (TPSA) is 57.5 Å². The Hall–Kier alpha value is -0.870. The highest BCUT2D eigenvalue weighted by atomic mass is 79.9. The van der Waals surface area contributed by atoms with Crippen LogP contribution in [0.15, 0.2) is 18.2 Å². The van der Waals surface area contributed by atoms with Crippen LogP contribution in [0.3, 0.4) is 0 Å². The van der Waals surface area contributed by atoms with Crippen molar-refractivity contribution in [1.29, 1.82) is 0 Å². The zero-order valence-electron chi connectivity index (χ0n) is 9.82. The first-order valence-electron chi connectivity index (χ1n) is 5.69. The van der Waals surface area contributed by atoms with E-state index in [2.05, 4.69) is 15.9 Å². The Labute approximate surface area is 110 Å². The van der Waals surface area contributed by atoms with Crippen LogP contribution in [0.4, 0.5) is 0 Å². The first-order chi connectivity index (χ1) is 8.11. The molecule has 0 aliphatic rings. The SMILES string of the molecule is CCc1cccc(CCCBr)c1C(O)C(=O)O. The summed E-state index contributed by atoms with van der Waals surface area (Å²) in [6.45, 7) is 1.96. The van der Waals surface area contributed by atoms with Crippen LogP contribution in [0.1, 0.15) is 36.1 Å². The molecule has 0 aliphatic carbocycles. The summed E-state index contributed by atoms with van der Waals surface area (Å²) in [6, 6.07) is 5.68. The van der Waals surface area contributed by atoms with Gasteiger partial charge in [-0.3, -0.25) is 0 Å². The molecule has 1 atom stereocenters. The number of aryl methyl sites for hydroxylation is 2. The van der Waals surface area contributed by atoms with Gasteiger partial charge in [-0.1, -0.05) is 41.1 Å². The maximum absolute atomic E-state index is 10.9. The summed E-state index contributed by atoms with van der Waals surface area (Å²) in [5.74, 6) is -1.19. The summed E-state index contributed by atoms with van der Waals surface area (Å²) >= 11 is 3.35. The Morgan fingerprint density at radius 1 is 1.41 bits per heavy atom. The molecule has 1 rings (SSSR count). The second kappa shape index (κ2) is 6.77. The molecule has 0 saturated carbocycles. The zero-order chi connectivity index (χ0) is 12.8. The Bertz CT molecular complexity index is 390. The standard InChI is InChI=1S/C13H17BrO3/c1-2-9-5-3-6-10(7-4-8-14)11(9)12(15)13(16)17/h3,5-6,12,15H,2,4,7-8H2,1H3,(H,16,17). The van der Waals surface area contributed by atoms with Crippen molar-refractivity contribution in [2.45, 2.75) is 32.3 Å². The number of benzene rings is 1. The molecule has 0 aliphatic heterocycles. The van der Waals surface area contributed by atoms with Crippen molar-refractivity contribution in [3.8, 4) is 0 Å². The highest BCUT2D eigenvalue weighted by Gasteiger charge is 2.21. The number of carbonyl (C=O) groups is 1. The summed E-state index contributed by atoms with van der Waals surface area (Å²) in [5.41, 5.74) is 2.41. The van der Waals surface area contributed by atoms with E-state index in [-0.39, 0.29) is 0 Å². The smallest absolute Gasteiger partial charge is 0.337 e. The van der Waals surface area contributed by atoms with Gasteiger partial charge in [0.05, 0.1) is 0 Å². The van der Waals surface area contributed by atoms with Crippen LogP contribution in [0, 0.1) is 0 Å². The molecule has 94 valence electrons. The highest BCUT2D eigenvalue weighted by molar-refractivity contribution is 9.09. The molecule has 0 amide bonds. The van der Waals surface area contributed by atoms with E-state index < -0.39 is 12.1 Å². The molecule has 0 saturated heterocycles. The fourth-order valence-electron chi connectivity index (χ4n) is 1.92. The highest BCUT2D eigenvalue weighted by Crippen LogP contribution is 2.25. The van der Waals surface area contributed by atoms with Crippen LogP contribution < -0.4 is 0 Å². The number of hydrogen-bond donors (Lipinski definition) is 2. The number of alkyl halides is 1. The third kappa shape index (κ3) is 3.54. The fourth-order valence-corrected chi connectivity index (χ4v) is 2.20. The number of halogens is 1. The number of aliphatic carboxylic acids is 1. The van der Waals surface area contributed by atoms with Crippen LogP contribution in [0.2, 0.25) is 0 Å². The molecule has 17 heavy (non-hydrogen) atoms. The second-order valence-corrected chi connectivity index (χ2v) is 4.67. The average molecular weight is 301 g/mol.